The summed E-state index contributed by atoms with van der Waals surface area (Å²) in [5.74, 6) is 1.19. The molecule has 8 nitrogen and oxygen atoms in total. The van der Waals surface area contributed by atoms with Gasteiger partial charge in [-0.2, -0.15) is 0 Å². The number of methoxy groups -OCH3 is 2. The molecule has 0 saturated carbocycles. The number of hydrogen-bond acceptors (Lipinski definition) is 6. The predicted molar refractivity (Wildman–Crippen MR) is 88.6 cm³/mol. The second-order valence-electron chi connectivity index (χ2n) is 5.20. The molecule has 0 saturated heterocycles. The fraction of sp³-hybridized carbons (Fsp3) is 0.250. The summed E-state index contributed by atoms with van der Waals surface area (Å²) in [6, 6.07) is 5.27. The van der Waals surface area contributed by atoms with Crippen molar-refractivity contribution in [2.45, 2.75) is 0 Å². The molecule has 0 atom stereocenters. The average Bonchev–Trinajstić information content (AvgIpc) is 2.63. The molecule has 2 aromatic heterocycles. The Bertz CT molecular complexity index is 1050. The molecule has 0 radical (unpaired) electrons. The van der Waals surface area contributed by atoms with Gasteiger partial charge in [0.25, 0.3) is 5.56 Å². The van der Waals surface area contributed by atoms with Crippen LogP contribution in [0.4, 0.5) is 0 Å². The van der Waals surface area contributed by atoms with Crippen LogP contribution >= 0.6 is 0 Å². The van der Waals surface area contributed by atoms with E-state index in [-0.39, 0.29) is 11.2 Å². The Labute approximate surface area is 136 Å². The van der Waals surface area contributed by atoms with Crippen LogP contribution in [-0.4, -0.2) is 33.3 Å². The summed E-state index contributed by atoms with van der Waals surface area (Å²) < 4.78 is 12.8. The fourth-order valence-electron chi connectivity index (χ4n) is 2.47. The third-order valence-corrected chi connectivity index (χ3v) is 3.84. The molecule has 3 aromatic rings. The molecule has 24 heavy (non-hydrogen) atoms. The first-order chi connectivity index (χ1) is 11.5. The molecule has 3 rings (SSSR count). The van der Waals surface area contributed by atoms with E-state index < -0.39 is 11.2 Å². The Morgan fingerprint density at radius 2 is 1.79 bits per heavy atom. The molecule has 0 spiro atoms. The predicted octanol–water partition coefficient (Wildman–Crippen LogP) is 0.711. The van der Waals surface area contributed by atoms with Gasteiger partial charge in [0.05, 0.1) is 26.1 Å². The Kier molecular flexibility index (Phi) is 3.80. The van der Waals surface area contributed by atoms with Gasteiger partial charge in [-0.1, -0.05) is 0 Å². The Morgan fingerprint density at radius 1 is 1.04 bits per heavy atom. The van der Waals surface area contributed by atoms with Gasteiger partial charge in [0.15, 0.2) is 11.2 Å². The van der Waals surface area contributed by atoms with Crippen molar-refractivity contribution in [1.29, 1.82) is 0 Å². The van der Waals surface area contributed by atoms with Crippen molar-refractivity contribution >= 4 is 11.2 Å². The van der Waals surface area contributed by atoms with Gasteiger partial charge < -0.3 is 9.47 Å². The number of hydrogen-bond donors (Lipinski definition) is 0. The SMILES string of the molecule is COc1ccc(-c2cnc3c(n2)c(=O)n(C)c(=O)n3C)c(OC)c1. The molecule has 2 heterocycles. The van der Waals surface area contributed by atoms with E-state index in [1.54, 1.807) is 32.4 Å². The second-order valence-corrected chi connectivity index (χ2v) is 5.20. The highest BCUT2D eigenvalue weighted by atomic mass is 16.5. The summed E-state index contributed by atoms with van der Waals surface area (Å²) in [7, 11) is 6.06. The zero-order valence-corrected chi connectivity index (χ0v) is 13.7. The van der Waals surface area contributed by atoms with Crippen molar-refractivity contribution in [3.8, 4) is 22.8 Å². The van der Waals surface area contributed by atoms with Crippen LogP contribution in [0.3, 0.4) is 0 Å². The molecular weight excluding hydrogens is 312 g/mol. The van der Waals surface area contributed by atoms with Crippen molar-refractivity contribution in [3.63, 3.8) is 0 Å². The van der Waals surface area contributed by atoms with E-state index in [0.29, 0.717) is 22.8 Å². The monoisotopic (exact) mass is 328 g/mol. The van der Waals surface area contributed by atoms with Gasteiger partial charge in [0, 0.05) is 25.7 Å². The van der Waals surface area contributed by atoms with Gasteiger partial charge >= 0.3 is 5.69 Å². The van der Waals surface area contributed by atoms with Crippen molar-refractivity contribution in [2.75, 3.05) is 14.2 Å². The van der Waals surface area contributed by atoms with Gasteiger partial charge in [-0.25, -0.2) is 14.8 Å². The third-order valence-electron chi connectivity index (χ3n) is 3.84. The van der Waals surface area contributed by atoms with E-state index in [4.69, 9.17) is 9.47 Å². The maximum Gasteiger partial charge on any atom is 0.332 e. The number of aromatic nitrogens is 4. The summed E-state index contributed by atoms with van der Waals surface area (Å²) in [5.41, 5.74) is 0.558. The summed E-state index contributed by atoms with van der Waals surface area (Å²) in [6.07, 6.45) is 1.51. The number of fused-ring (bicyclic) bond motifs is 1. The van der Waals surface area contributed by atoms with Gasteiger partial charge in [-0.05, 0) is 12.1 Å². The van der Waals surface area contributed by atoms with Crippen LogP contribution in [0.25, 0.3) is 22.4 Å². The molecule has 0 aliphatic rings. The van der Waals surface area contributed by atoms with Crippen molar-refractivity contribution < 1.29 is 9.47 Å². The van der Waals surface area contributed by atoms with Crippen molar-refractivity contribution in [1.82, 2.24) is 19.1 Å². The zero-order chi connectivity index (χ0) is 17.4. The van der Waals surface area contributed by atoms with E-state index in [1.807, 2.05) is 0 Å². The van der Waals surface area contributed by atoms with E-state index >= 15 is 0 Å². The lowest BCUT2D eigenvalue weighted by atomic mass is 10.1. The zero-order valence-electron chi connectivity index (χ0n) is 13.7. The number of nitrogens with zero attached hydrogens (tertiary/aromatic N) is 4. The summed E-state index contributed by atoms with van der Waals surface area (Å²) in [6.45, 7) is 0. The number of ether oxygens (including phenoxy) is 2. The summed E-state index contributed by atoms with van der Waals surface area (Å²) in [5, 5.41) is 0. The number of rotatable bonds is 3. The maximum atomic E-state index is 12.3. The fourth-order valence-corrected chi connectivity index (χ4v) is 2.47. The Balaban J connectivity index is 2.30. The van der Waals surface area contributed by atoms with E-state index in [9.17, 15) is 9.59 Å². The lowest BCUT2D eigenvalue weighted by Crippen LogP contribution is -2.37. The molecular formula is C16H16N4O4. The van der Waals surface area contributed by atoms with Gasteiger partial charge in [0.2, 0.25) is 0 Å². The topological polar surface area (TPSA) is 88.2 Å². The first-order valence-electron chi connectivity index (χ1n) is 7.13. The van der Waals surface area contributed by atoms with E-state index in [2.05, 4.69) is 9.97 Å². The maximum absolute atomic E-state index is 12.3. The first kappa shape index (κ1) is 15.7. The van der Waals surface area contributed by atoms with Crippen LogP contribution in [0.5, 0.6) is 11.5 Å². The molecule has 0 aliphatic carbocycles. The lowest BCUT2D eigenvalue weighted by molar-refractivity contribution is 0.395. The molecule has 0 N–H and O–H groups in total. The summed E-state index contributed by atoms with van der Waals surface area (Å²) in [4.78, 5) is 32.9. The number of aryl methyl sites for hydroxylation is 1. The van der Waals surface area contributed by atoms with Crippen LogP contribution < -0.4 is 20.7 Å². The smallest absolute Gasteiger partial charge is 0.332 e. The van der Waals surface area contributed by atoms with Crippen LogP contribution in [0, 0.1) is 0 Å². The van der Waals surface area contributed by atoms with Crippen LogP contribution in [0.1, 0.15) is 0 Å². The number of benzene rings is 1. The van der Waals surface area contributed by atoms with Crippen molar-refractivity contribution in [2.24, 2.45) is 14.1 Å². The van der Waals surface area contributed by atoms with E-state index in [0.717, 1.165) is 4.57 Å². The minimum absolute atomic E-state index is 0.120. The molecule has 0 fully saturated rings. The highest BCUT2D eigenvalue weighted by Gasteiger charge is 2.15. The third kappa shape index (κ3) is 2.32. The normalized spacial score (nSPS) is 10.8. The molecule has 0 aliphatic heterocycles. The van der Waals surface area contributed by atoms with Gasteiger partial charge in [-0.3, -0.25) is 13.9 Å². The lowest BCUT2D eigenvalue weighted by Gasteiger charge is -2.11. The van der Waals surface area contributed by atoms with Crippen LogP contribution in [0.15, 0.2) is 34.0 Å². The summed E-state index contributed by atoms with van der Waals surface area (Å²) >= 11 is 0. The minimum Gasteiger partial charge on any atom is -0.497 e. The van der Waals surface area contributed by atoms with Gasteiger partial charge in [0.1, 0.15) is 11.5 Å². The average molecular weight is 328 g/mol. The molecule has 0 bridgehead atoms. The molecule has 0 unspecified atom stereocenters. The minimum atomic E-state index is -0.491. The second kappa shape index (κ2) is 5.80. The molecule has 0 amide bonds. The van der Waals surface area contributed by atoms with E-state index in [1.165, 1.54) is 24.9 Å². The van der Waals surface area contributed by atoms with Gasteiger partial charge in [-0.15, -0.1) is 0 Å². The quantitative estimate of drug-likeness (QED) is 0.704. The highest BCUT2D eigenvalue weighted by molar-refractivity contribution is 5.75. The largest absolute Gasteiger partial charge is 0.497 e. The van der Waals surface area contributed by atoms with Crippen molar-refractivity contribution in [3.05, 3.63) is 45.2 Å². The molecule has 124 valence electrons. The molecule has 1 aromatic carbocycles. The highest BCUT2D eigenvalue weighted by Crippen LogP contribution is 2.32. The van der Waals surface area contributed by atoms with Crippen LogP contribution in [0.2, 0.25) is 0 Å². The first-order valence-corrected chi connectivity index (χ1v) is 7.13. The standard InChI is InChI=1S/C16H16N4O4/c1-19-14-13(15(21)20(2)16(19)22)18-11(8-17-14)10-6-5-9(23-3)7-12(10)24-4/h5-8H,1-4H3. The Hall–Kier alpha value is -3.16. The Morgan fingerprint density at radius 3 is 2.46 bits per heavy atom. The molecule has 8 heteroatoms. The van der Waals surface area contributed by atoms with Crippen LogP contribution in [-0.2, 0) is 14.1 Å².